The van der Waals surface area contributed by atoms with Gasteiger partial charge in [0.25, 0.3) is 5.91 Å². The molecular weight excluding hydrogens is 482 g/mol. The lowest BCUT2D eigenvalue weighted by Gasteiger charge is -2.11. The Kier molecular flexibility index (Phi) is 7.84. The van der Waals surface area contributed by atoms with Crippen LogP contribution in [0.4, 0.5) is 0 Å². The van der Waals surface area contributed by atoms with Crippen LogP contribution in [-0.4, -0.2) is 39.2 Å². The molecule has 3 aromatic carbocycles. The number of methoxy groups -OCH3 is 1. The van der Waals surface area contributed by atoms with Crippen LogP contribution in [0.3, 0.4) is 0 Å². The van der Waals surface area contributed by atoms with Gasteiger partial charge in [0, 0.05) is 16.3 Å². The molecule has 0 atom stereocenters. The number of halogens is 1. The van der Waals surface area contributed by atoms with Gasteiger partial charge in [0.05, 0.1) is 18.6 Å². The topological polar surface area (TPSA) is 81.4 Å². The average Bonchev–Trinajstić information content (AvgIpc) is 3.31. The van der Waals surface area contributed by atoms with Gasteiger partial charge in [0.2, 0.25) is 0 Å². The van der Waals surface area contributed by atoms with Crippen LogP contribution >= 0.6 is 23.4 Å². The van der Waals surface area contributed by atoms with E-state index in [1.54, 1.807) is 19.2 Å². The molecule has 7 nitrogen and oxygen atoms in total. The fourth-order valence-corrected chi connectivity index (χ4v) is 4.15. The van der Waals surface area contributed by atoms with Crippen molar-refractivity contribution in [3.05, 3.63) is 88.9 Å². The average molecular weight is 506 g/mol. The second-order valence-electron chi connectivity index (χ2n) is 7.73. The third-order valence-electron chi connectivity index (χ3n) is 5.22. The van der Waals surface area contributed by atoms with Crippen LogP contribution in [0, 0.1) is 6.92 Å². The van der Waals surface area contributed by atoms with Gasteiger partial charge in [-0.1, -0.05) is 53.2 Å². The first-order valence-electron chi connectivity index (χ1n) is 10.8. The molecular formula is C26H24ClN5O2S. The molecule has 0 spiro atoms. The van der Waals surface area contributed by atoms with Crippen LogP contribution in [0.2, 0.25) is 5.02 Å². The summed E-state index contributed by atoms with van der Waals surface area (Å²) in [4.78, 5) is 12.5. The smallest absolute Gasteiger partial charge is 0.250 e. The lowest BCUT2D eigenvalue weighted by molar-refractivity contribution is -0.118. The summed E-state index contributed by atoms with van der Waals surface area (Å²) >= 11 is 7.22. The molecule has 0 aliphatic rings. The van der Waals surface area contributed by atoms with Crippen molar-refractivity contribution in [1.82, 2.24) is 20.2 Å². The maximum absolute atomic E-state index is 12.5. The predicted molar refractivity (Wildman–Crippen MR) is 141 cm³/mol. The molecule has 0 fully saturated rings. The number of aryl methyl sites for hydroxylation is 1. The van der Waals surface area contributed by atoms with Crippen LogP contribution in [0.5, 0.6) is 5.75 Å². The molecule has 178 valence electrons. The summed E-state index contributed by atoms with van der Waals surface area (Å²) in [5.41, 5.74) is 7.12. The molecule has 0 unspecified atom stereocenters. The standard InChI is InChI=1S/C26H24ClN5O2S/c1-17-4-12-22(13-5-17)32-25(20-8-14-23(34-3)15-9-20)30-31-26(32)35-16-24(33)29-28-18(2)19-6-10-21(27)11-7-19/h4-15H,16H2,1-3H3,(H,29,33)/b28-18-. The fraction of sp³-hybridized carbons (Fsp3) is 0.154. The van der Waals surface area contributed by atoms with Gasteiger partial charge in [0.15, 0.2) is 11.0 Å². The van der Waals surface area contributed by atoms with Gasteiger partial charge in [-0.05, 0) is 67.9 Å². The number of hydrogen-bond acceptors (Lipinski definition) is 6. The van der Waals surface area contributed by atoms with E-state index in [0.29, 0.717) is 21.7 Å². The first-order chi connectivity index (χ1) is 16.9. The Morgan fingerprint density at radius 3 is 2.37 bits per heavy atom. The van der Waals surface area contributed by atoms with Crippen molar-refractivity contribution in [3.8, 4) is 22.8 Å². The number of carbonyl (C=O) groups is 1. The molecule has 0 saturated carbocycles. The molecule has 1 amide bonds. The van der Waals surface area contributed by atoms with Crippen molar-refractivity contribution >= 4 is 35.0 Å². The van der Waals surface area contributed by atoms with Crippen molar-refractivity contribution in [3.63, 3.8) is 0 Å². The highest BCUT2D eigenvalue weighted by molar-refractivity contribution is 7.99. The van der Waals surface area contributed by atoms with Crippen molar-refractivity contribution in [2.45, 2.75) is 19.0 Å². The maximum Gasteiger partial charge on any atom is 0.250 e. The van der Waals surface area contributed by atoms with Crippen molar-refractivity contribution in [2.24, 2.45) is 5.10 Å². The summed E-state index contributed by atoms with van der Waals surface area (Å²) in [7, 11) is 1.63. The first-order valence-corrected chi connectivity index (χ1v) is 12.2. The minimum absolute atomic E-state index is 0.129. The monoisotopic (exact) mass is 505 g/mol. The van der Waals surface area contributed by atoms with Crippen LogP contribution in [0.15, 0.2) is 83.1 Å². The van der Waals surface area contributed by atoms with Crippen LogP contribution in [0.1, 0.15) is 18.1 Å². The molecule has 0 saturated heterocycles. The van der Waals surface area contributed by atoms with E-state index >= 15 is 0 Å². The first kappa shape index (κ1) is 24.5. The van der Waals surface area contributed by atoms with E-state index < -0.39 is 0 Å². The van der Waals surface area contributed by atoms with Gasteiger partial charge in [-0.2, -0.15) is 5.10 Å². The Labute approximate surface area is 213 Å². The number of aromatic nitrogens is 3. The number of benzene rings is 3. The summed E-state index contributed by atoms with van der Waals surface area (Å²) in [6.45, 7) is 3.86. The zero-order chi connectivity index (χ0) is 24.8. The zero-order valence-corrected chi connectivity index (χ0v) is 21.1. The molecule has 1 aromatic heterocycles. The molecule has 4 aromatic rings. The summed E-state index contributed by atoms with van der Waals surface area (Å²) in [6, 6.07) is 23.0. The Bertz CT molecular complexity index is 1330. The largest absolute Gasteiger partial charge is 0.497 e. The molecule has 1 N–H and O–H groups in total. The second-order valence-corrected chi connectivity index (χ2v) is 9.11. The summed E-state index contributed by atoms with van der Waals surface area (Å²) < 4.78 is 7.21. The van der Waals surface area contributed by atoms with E-state index in [0.717, 1.165) is 28.1 Å². The Balaban J connectivity index is 1.53. The minimum atomic E-state index is -0.243. The lowest BCUT2D eigenvalue weighted by Crippen LogP contribution is -2.21. The quantitative estimate of drug-likeness (QED) is 0.193. The van der Waals surface area contributed by atoms with E-state index in [9.17, 15) is 4.79 Å². The number of ether oxygens (including phenoxy) is 1. The number of nitrogens with zero attached hydrogens (tertiary/aromatic N) is 4. The zero-order valence-electron chi connectivity index (χ0n) is 19.5. The van der Waals surface area contributed by atoms with Crippen molar-refractivity contribution in [1.29, 1.82) is 0 Å². The van der Waals surface area contributed by atoms with Gasteiger partial charge in [0.1, 0.15) is 5.75 Å². The molecule has 9 heteroatoms. The number of amides is 1. The van der Waals surface area contributed by atoms with E-state index in [4.69, 9.17) is 16.3 Å². The molecule has 0 bridgehead atoms. The number of rotatable bonds is 8. The van der Waals surface area contributed by atoms with Gasteiger partial charge < -0.3 is 4.74 Å². The van der Waals surface area contributed by atoms with E-state index in [-0.39, 0.29) is 11.7 Å². The number of hydrogen-bond donors (Lipinski definition) is 1. The highest BCUT2D eigenvalue weighted by Gasteiger charge is 2.17. The van der Waals surface area contributed by atoms with Crippen LogP contribution < -0.4 is 10.2 Å². The van der Waals surface area contributed by atoms with Gasteiger partial charge in [-0.3, -0.25) is 9.36 Å². The third-order valence-corrected chi connectivity index (χ3v) is 6.40. The Morgan fingerprint density at radius 2 is 1.71 bits per heavy atom. The molecule has 4 rings (SSSR count). The third kappa shape index (κ3) is 6.09. The highest BCUT2D eigenvalue weighted by atomic mass is 35.5. The van der Waals surface area contributed by atoms with Gasteiger partial charge in [-0.25, -0.2) is 5.43 Å². The number of nitrogens with one attached hydrogen (secondary N) is 1. The Morgan fingerprint density at radius 1 is 1.03 bits per heavy atom. The predicted octanol–water partition coefficient (Wildman–Crippen LogP) is 5.54. The van der Waals surface area contributed by atoms with Crippen molar-refractivity contribution in [2.75, 3.05) is 12.9 Å². The molecule has 0 radical (unpaired) electrons. The van der Waals surface area contributed by atoms with E-state index in [1.807, 2.05) is 79.1 Å². The molecule has 1 heterocycles. The normalized spacial score (nSPS) is 11.4. The Hall–Kier alpha value is -3.62. The van der Waals surface area contributed by atoms with Gasteiger partial charge >= 0.3 is 0 Å². The summed E-state index contributed by atoms with van der Waals surface area (Å²) in [6.07, 6.45) is 0. The second kappa shape index (κ2) is 11.2. The number of carbonyl (C=O) groups excluding carboxylic acids is 1. The van der Waals surface area contributed by atoms with E-state index in [2.05, 4.69) is 20.7 Å². The maximum atomic E-state index is 12.5. The molecule has 0 aliphatic carbocycles. The van der Waals surface area contributed by atoms with Crippen LogP contribution in [0.25, 0.3) is 17.1 Å². The highest BCUT2D eigenvalue weighted by Crippen LogP contribution is 2.29. The summed E-state index contributed by atoms with van der Waals surface area (Å²) in [5.74, 6) is 1.32. The minimum Gasteiger partial charge on any atom is -0.497 e. The van der Waals surface area contributed by atoms with Crippen molar-refractivity contribution < 1.29 is 9.53 Å². The molecule has 35 heavy (non-hydrogen) atoms. The lowest BCUT2D eigenvalue weighted by atomic mass is 10.1. The summed E-state index contributed by atoms with van der Waals surface area (Å²) in [5, 5.41) is 14.2. The number of hydrazone groups is 1. The van der Waals surface area contributed by atoms with Gasteiger partial charge in [-0.15, -0.1) is 10.2 Å². The SMILES string of the molecule is COc1ccc(-c2nnc(SCC(=O)N/N=C(/C)c3ccc(Cl)cc3)n2-c2ccc(C)cc2)cc1. The van der Waals surface area contributed by atoms with Crippen LogP contribution in [-0.2, 0) is 4.79 Å². The number of thioether (sulfide) groups is 1. The van der Waals surface area contributed by atoms with E-state index in [1.165, 1.54) is 11.8 Å². The fourth-order valence-electron chi connectivity index (χ4n) is 3.28. The molecule has 0 aliphatic heterocycles.